The molecule has 0 fully saturated rings. The van der Waals surface area contributed by atoms with Gasteiger partial charge in [0.25, 0.3) is 10.0 Å². The van der Waals surface area contributed by atoms with Gasteiger partial charge in [-0.05, 0) is 55.3 Å². The lowest BCUT2D eigenvalue weighted by Gasteiger charge is -2.13. The van der Waals surface area contributed by atoms with Crippen LogP contribution in [0.15, 0.2) is 51.9 Å². The van der Waals surface area contributed by atoms with Gasteiger partial charge in [-0.25, -0.2) is 8.42 Å². The molecule has 0 saturated carbocycles. The van der Waals surface area contributed by atoms with Crippen LogP contribution in [-0.2, 0) is 26.7 Å². The number of methoxy groups -OCH3 is 1. The maximum atomic E-state index is 12.9. The number of hydrogen-bond donors (Lipinski definition) is 2. The molecule has 2 aromatic carbocycles. The standard InChI is InChI=1S/C24H30N4O5S/c1-16-9-10-18(15-20(16)34(30,31)28-17-11-13-19(32-5)14-12-17)25-21(29)7-6-8-22-26-23(27-33-22)24(2,3)4/h9-15,28H,6-8H2,1-5H3,(H,25,29). The zero-order valence-electron chi connectivity index (χ0n) is 20.0. The highest BCUT2D eigenvalue weighted by molar-refractivity contribution is 7.92. The van der Waals surface area contributed by atoms with E-state index in [4.69, 9.17) is 9.26 Å². The van der Waals surface area contributed by atoms with Gasteiger partial charge in [-0.2, -0.15) is 4.98 Å². The number of aryl methyl sites for hydroxylation is 2. The zero-order valence-corrected chi connectivity index (χ0v) is 20.8. The molecule has 2 N–H and O–H groups in total. The highest BCUT2D eigenvalue weighted by Crippen LogP contribution is 2.24. The van der Waals surface area contributed by atoms with Crippen LogP contribution < -0.4 is 14.8 Å². The van der Waals surface area contributed by atoms with E-state index in [1.807, 2.05) is 20.8 Å². The number of ether oxygens (including phenoxy) is 1. The molecule has 0 atom stereocenters. The topological polar surface area (TPSA) is 123 Å². The third kappa shape index (κ3) is 6.57. The molecule has 3 aromatic rings. The number of rotatable bonds is 9. The summed E-state index contributed by atoms with van der Waals surface area (Å²) in [6.45, 7) is 7.69. The average molecular weight is 487 g/mol. The fourth-order valence-corrected chi connectivity index (χ4v) is 4.45. The molecule has 0 aliphatic rings. The van der Waals surface area contributed by atoms with E-state index in [1.165, 1.54) is 13.2 Å². The number of benzene rings is 2. The van der Waals surface area contributed by atoms with Gasteiger partial charge in [0.2, 0.25) is 11.8 Å². The van der Waals surface area contributed by atoms with E-state index in [0.717, 1.165) is 0 Å². The van der Waals surface area contributed by atoms with Crippen molar-refractivity contribution in [2.24, 2.45) is 0 Å². The van der Waals surface area contributed by atoms with E-state index in [0.29, 0.717) is 47.2 Å². The lowest BCUT2D eigenvalue weighted by Crippen LogP contribution is -2.16. The van der Waals surface area contributed by atoms with Crippen LogP contribution in [0.25, 0.3) is 0 Å². The molecule has 34 heavy (non-hydrogen) atoms. The van der Waals surface area contributed by atoms with Crippen LogP contribution in [0, 0.1) is 6.92 Å². The van der Waals surface area contributed by atoms with Gasteiger partial charge in [-0.3, -0.25) is 9.52 Å². The predicted octanol–water partition coefficient (Wildman–Crippen LogP) is 4.45. The van der Waals surface area contributed by atoms with E-state index in [9.17, 15) is 13.2 Å². The summed E-state index contributed by atoms with van der Waals surface area (Å²) in [5.41, 5.74) is 1.17. The van der Waals surface area contributed by atoms with E-state index in [1.54, 1.807) is 43.3 Å². The third-order valence-electron chi connectivity index (χ3n) is 5.04. The first kappa shape index (κ1) is 25.2. The van der Waals surface area contributed by atoms with Crippen LogP contribution in [0.3, 0.4) is 0 Å². The number of aromatic nitrogens is 2. The molecule has 0 saturated heterocycles. The molecular formula is C24H30N4O5S. The summed E-state index contributed by atoms with van der Waals surface area (Å²) in [7, 11) is -2.32. The summed E-state index contributed by atoms with van der Waals surface area (Å²) in [5, 5.41) is 6.74. The van der Waals surface area contributed by atoms with E-state index < -0.39 is 10.0 Å². The maximum absolute atomic E-state index is 12.9. The van der Waals surface area contributed by atoms with Crippen molar-refractivity contribution in [2.45, 2.75) is 57.3 Å². The summed E-state index contributed by atoms with van der Waals surface area (Å²) >= 11 is 0. The fourth-order valence-electron chi connectivity index (χ4n) is 3.12. The van der Waals surface area contributed by atoms with Crippen molar-refractivity contribution in [1.29, 1.82) is 0 Å². The lowest BCUT2D eigenvalue weighted by atomic mass is 9.96. The molecule has 0 spiro atoms. The Balaban J connectivity index is 1.61. The molecule has 1 heterocycles. The van der Waals surface area contributed by atoms with E-state index in [-0.39, 0.29) is 22.6 Å². The number of anilines is 2. The van der Waals surface area contributed by atoms with Gasteiger partial charge < -0.3 is 14.6 Å². The van der Waals surface area contributed by atoms with Crippen LogP contribution in [0.1, 0.15) is 50.9 Å². The fraction of sp³-hybridized carbons (Fsp3) is 0.375. The SMILES string of the molecule is COc1ccc(NS(=O)(=O)c2cc(NC(=O)CCCc3nc(C(C)(C)C)no3)ccc2C)cc1. The van der Waals surface area contributed by atoms with Crippen LogP contribution >= 0.6 is 0 Å². The first-order valence-corrected chi connectivity index (χ1v) is 12.4. The Kier molecular flexibility index (Phi) is 7.61. The van der Waals surface area contributed by atoms with Crippen molar-refractivity contribution in [3.05, 3.63) is 59.7 Å². The van der Waals surface area contributed by atoms with Gasteiger partial charge in [0.05, 0.1) is 12.0 Å². The van der Waals surface area contributed by atoms with Gasteiger partial charge in [-0.15, -0.1) is 0 Å². The highest BCUT2D eigenvalue weighted by Gasteiger charge is 2.21. The summed E-state index contributed by atoms with van der Waals surface area (Å²) in [5.74, 6) is 1.51. The summed E-state index contributed by atoms with van der Waals surface area (Å²) in [6, 6.07) is 11.3. The van der Waals surface area contributed by atoms with Crippen LogP contribution in [0.2, 0.25) is 0 Å². The number of sulfonamides is 1. The first-order chi connectivity index (χ1) is 16.0. The molecule has 10 heteroatoms. The molecular weight excluding hydrogens is 456 g/mol. The number of carbonyl (C=O) groups is 1. The van der Waals surface area contributed by atoms with Crippen LogP contribution in [0.4, 0.5) is 11.4 Å². The van der Waals surface area contributed by atoms with Gasteiger partial charge in [-0.1, -0.05) is 32.0 Å². The monoisotopic (exact) mass is 486 g/mol. The van der Waals surface area contributed by atoms with Gasteiger partial charge in [0, 0.05) is 29.6 Å². The number of nitrogens with zero attached hydrogens (tertiary/aromatic N) is 2. The molecule has 0 radical (unpaired) electrons. The van der Waals surface area contributed by atoms with E-state index >= 15 is 0 Å². The Morgan fingerprint density at radius 3 is 2.38 bits per heavy atom. The minimum absolute atomic E-state index is 0.0849. The second-order valence-corrected chi connectivity index (χ2v) is 10.6. The largest absolute Gasteiger partial charge is 0.497 e. The predicted molar refractivity (Wildman–Crippen MR) is 130 cm³/mol. The quantitative estimate of drug-likeness (QED) is 0.458. The normalized spacial score (nSPS) is 11.8. The van der Waals surface area contributed by atoms with Crippen molar-refractivity contribution < 1.29 is 22.5 Å². The summed E-state index contributed by atoms with van der Waals surface area (Å²) in [4.78, 5) is 16.9. The number of hydrogen-bond acceptors (Lipinski definition) is 7. The van der Waals surface area contributed by atoms with Crippen molar-refractivity contribution >= 4 is 27.3 Å². The Bertz CT molecular complexity index is 1250. The Labute approximate surface area is 200 Å². The number of nitrogens with one attached hydrogen (secondary N) is 2. The van der Waals surface area contributed by atoms with Crippen LogP contribution in [-0.4, -0.2) is 31.6 Å². The van der Waals surface area contributed by atoms with Crippen molar-refractivity contribution in [2.75, 3.05) is 17.1 Å². The van der Waals surface area contributed by atoms with Crippen molar-refractivity contribution in [1.82, 2.24) is 10.1 Å². The Hall–Kier alpha value is -3.40. The first-order valence-electron chi connectivity index (χ1n) is 10.9. The molecule has 0 unspecified atom stereocenters. The molecule has 1 aromatic heterocycles. The average Bonchev–Trinajstić information content (AvgIpc) is 3.25. The summed E-state index contributed by atoms with van der Waals surface area (Å²) < 4.78 is 38.8. The van der Waals surface area contributed by atoms with Crippen molar-refractivity contribution in [3.8, 4) is 5.75 Å². The number of amides is 1. The number of carbonyl (C=O) groups excluding carboxylic acids is 1. The second kappa shape index (κ2) is 10.3. The van der Waals surface area contributed by atoms with Crippen LogP contribution in [0.5, 0.6) is 5.75 Å². The second-order valence-electron chi connectivity index (χ2n) is 8.98. The maximum Gasteiger partial charge on any atom is 0.262 e. The molecule has 3 rings (SSSR count). The van der Waals surface area contributed by atoms with Gasteiger partial charge in [0.15, 0.2) is 5.82 Å². The molecule has 0 bridgehead atoms. The molecule has 0 aliphatic heterocycles. The molecule has 182 valence electrons. The summed E-state index contributed by atoms with van der Waals surface area (Å²) in [6.07, 6.45) is 1.23. The smallest absolute Gasteiger partial charge is 0.262 e. The van der Waals surface area contributed by atoms with Crippen molar-refractivity contribution in [3.63, 3.8) is 0 Å². The molecule has 0 aliphatic carbocycles. The third-order valence-corrected chi connectivity index (χ3v) is 6.56. The minimum Gasteiger partial charge on any atom is -0.497 e. The Morgan fingerprint density at radius 2 is 1.76 bits per heavy atom. The molecule has 9 nitrogen and oxygen atoms in total. The Morgan fingerprint density at radius 1 is 1.09 bits per heavy atom. The van der Waals surface area contributed by atoms with Gasteiger partial charge >= 0.3 is 0 Å². The zero-order chi connectivity index (χ0) is 24.9. The lowest BCUT2D eigenvalue weighted by molar-refractivity contribution is -0.116. The minimum atomic E-state index is -3.85. The van der Waals surface area contributed by atoms with E-state index in [2.05, 4.69) is 20.2 Å². The van der Waals surface area contributed by atoms with Gasteiger partial charge in [0.1, 0.15) is 5.75 Å². The molecule has 1 amide bonds. The highest BCUT2D eigenvalue weighted by atomic mass is 32.2.